The lowest BCUT2D eigenvalue weighted by Gasteiger charge is -2.16. The molecular weight excluding hydrogens is 685 g/mol. The predicted octanol–water partition coefficient (Wildman–Crippen LogP) is 4.69. The van der Waals surface area contributed by atoms with Gasteiger partial charge in [0.2, 0.25) is 20.0 Å². The number of nitrogens with one attached hydrogen (secondary N) is 4. The molecular formula is C33H42N8O7S2. The Morgan fingerprint density at radius 3 is 1.64 bits per heavy atom. The first kappa shape index (κ1) is 35.4. The molecule has 0 amide bonds. The third-order valence-corrected chi connectivity index (χ3v) is 12.4. The zero-order valence-corrected chi connectivity index (χ0v) is 30.0. The van der Waals surface area contributed by atoms with E-state index >= 15 is 0 Å². The molecule has 17 heteroatoms. The SMILES string of the molecule is Cc1noc(C)c1-c1cc(N)c(N)c(S(=O)(=O)NC2CCCC2)c1.Cc1noc(C)c1-c1cc(S(=O)(=O)NC2CCCC2)c2[nH]c(=O)[nH]c2c1. The van der Waals surface area contributed by atoms with Crippen LogP contribution >= 0.6 is 0 Å². The van der Waals surface area contributed by atoms with Crippen LogP contribution in [-0.4, -0.2) is 49.2 Å². The van der Waals surface area contributed by atoms with Crippen LogP contribution in [0.15, 0.2) is 47.9 Å². The number of nitrogens with zero attached hydrogens (tertiary/aromatic N) is 2. The Bertz CT molecular complexity index is 2290. The lowest BCUT2D eigenvalue weighted by Crippen LogP contribution is -2.33. The van der Waals surface area contributed by atoms with Gasteiger partial charge < -0.3 is 30.5 Å². The Hall–Kier alpha value is -4.45. The van der Waals surface area contributed by atoms with Gasteiger partial charge in [0.15, 0.2) is 0 Å². The molecule has 2 saturated carbocycles. The monoisotopic (exact) mass is 726 g/mol. The number of sulfonamides is 2. The summed E-state index contributed by atoms with van der Waals surface area (Å²) >= 11 is 0. The minimum Gasteiger partial charge on any atom is -0.397 e. The molecule has 2 aromatic carbocycles. The molecule has 2 aliphatic rings. The number of anilines is 2. The number of hydrogen-bond acceptors (Lipinski definition) is 11. The summed E-state index contributed by atoms with van der Waals surface area (Å²) in [6.07, 6.45) is 7.45. The first-order valence-electron chi connectivity index (χ1n) is 16.5. The van der Waals surface area contributed by atoms with Gasteiger partial charge in [-0.15, -0.1) is 0 Å². The molecule has 3 aromatic heterocycles. The standard InChI is InChI=1S/C17H20N4O4S.C16H22N4O3S/c1-9-15(10(2)25-20-9)11-7-13-16(19-17(22)18-13)14(8-11)26(23,24)21-12-5-3-4-6-12;1-9-15(10(2)23-19-9)11-7-13(17)16(18)14(8-11)24(21,22)20-12-5-3-4-6-12/h7-8,12,21H,3-6H2,1-2H3,(H2,18,19,22);7-8,12,20H,3-6,17-18H2,1-2H3. The zero-order chi connectivity index (χ0) is 36.0. The first-order chi connectivity index (χ1) is 23.6. The van der Waals surface area contributed by atoms with Gasteiger partial charge in [-0.3, -0.25) is 0 Å². The van der Waals surface area contributed by atoms with Crippen molar-refractivity contribution in [2.24, 2.45) is 0 Å². The molecule has 0 bridgehead atoms. The smallest absolute Gasteiger partial charge is 0.323 e. The molecule has 2 aliphatic carbocycles. The molecule has 7 rings (SSSR count). The fourth-order valence-electron chi connectivity index (χ4n) is 6.92. The molecule has 0 unspecified atom stereocenters. The lowest BCUT2D eigenvalue weighted by molar-refractivity contribution is 0.393. The molecule has 0 saturated heterocycles. The van der Waals surface area contributed by atoms with Gasteiger partial charge in [-0.05, 0) is 88.8 Å². The number of nitrogens with two attached hydrogens (primary N) is 2. The van der Waals surface area contributed by atoms with Crippen LogP contribution in [0.5, 0.6) is 0 Å². The van der Waals surface area contributed by atoms with E-state index in [1.807, 2.05) is 0 Å². The highest BCUT2D eigenvalue weighted by Crippen LogP contribution is 2.36. The normalized spacial score (nSPS) is 15.9. The third-order valence-electron chi connectivity index (χ3n) is 9.34. The summed E-state index contributed by atoms with van der Waals surface area (Å²) in [6, 6.07) is 6.37. The highest BCUT2D eigenvalue weighted by atomic mass is 32.2. The summed E-state index contributed by atoms with van der Waals surface area (Å²) < 4.78 is 67.4. The fourth-order valence-corrected chi connectivity index (χ4v) is 9.93. The maximum atomic E-state index is 13.0. The number of rotatable bonds is 8. The molecule has 8 N–H and O–H groups in total. The van der Waals surface area contributed by atoms with Crippen molar-refractivity contribution in [1.29, 1.82) is 0 Å². The summed E-state index contributed by atoms with van der Waals surface area (Å²) in [4.78, 5) is 17.1. The van der Waals surface area contributed by atoms with Crippen LogP contribution < -0.4 is 26.6 Å². The van der Waals surface area contributed by atoms with Crippen molar-refractivity contribution in [2.75, 3.05) is 11.5 Å². The minimum absolute atomic E-state index is 0.00407. The van der Waals surface area contributed by atoms with E-state index in [1.54, 1.807) is 45.9 Å². The number of nitrogen functional groups attached to an aromatic ring is 2. The van der Waals surface area contributed by atoms with E-state index in [0.29, 0.717) is 39.6 Å². The zero-order valence-electron chi connectivity index (χ0n) is 28.3. The second-order valence-electron chi connectivity index (χ2n) is 13.1. The van der Waals surface area contributed by atoms with Crippen molar-refractivity contribution in [2.45, 2.75) is 101 Å². The Morgan fingerprint density at radius 1 is 0.700 bits per heavy atom. The molecule has 0 radical (unpaired) electrons. The van der Waals surface area contributed by atoms with Gasteiger partial charge in [-0.1, -0.05) is 36.0 Å². The number of aryl methyl sites for hydroxylation is 4. The van der Waals surface area contributed by atoms with Gasteiger partial charge in [-0.2, -0.15) is 0 Å². The Balaban J connectivity index is 0.000000174. The molecule has 268 valence electrons. The van der Waals surface area contributed by atoms with E-state index in [0.717, 1.165) is 62.5 Å². The van der Waals surface area contributed by atoms with Crippen molar-refractivity contribution in [3.63, 3.8) is 0 Å². The maximum absolute atomic E-state index is 13.0. The number of hydrogen-bond donors (Lipinski definition) is 6. The van der Waals surface area contributed by atoms with Crippen molar-refractivity contribution in [3.8, 4) is 22.3 Å². The number of aromatic nitrogens is 4. The van der Waals surface area contributed by atoms with E-state index in [2.05, 4.69) is 29.7 Å². The molecule has 5 aromatic rings. The quantitative estimate of drug-likeness (QED) is 0.120. The second-order valence-corrected chi connectivity index (χ2v) is 16.4. The molecule has 2 fully saturated rings. The Kier molecular flexibility index (Phi) is 9.69. The lowest BCUT2D eigenvalue weighted by atomic mass is 10.0. The van der Waals surface area contributed by atoms with Gasteiger partial charge in [-0.25, -0.2) is 31.1 Å². The van der Waals surface area contributed by atoms with Crippen LogP contribution in [0.25, 0.3) is 33.3 Å². The van der Waals surface area contributed by atoms with Gasteiger partial charge in [0.25, 0.3) is 0 Å². The van der Waals surface area contributed by atoms with Crippen LogP contribution in [0.4, 0.5) is 11.4 Å². The fraction of sp³-hybridized carbons (Fsp3) is 0.424. The van der Waals surface area contributed by atoms with Gasteiger partial charge in [0.1, 0.15) is 21.3 Å². The molecule has 0 spiro atoms. The van der Waals surface area contributed by atoms with E-state index < -0.39 is 25.7 Å². The van der Waals surface area contributed by atoms with E-state index in [4.69, 9.17) is 20.5 Å². The topological polar surface area (TPSA) is 245 Å². The first-order valence-corrected chi connectivity index (χ1v) is 19.5. The van der Waals surface area contributed by atoms with Crippen molar-refractivity contribution < 1.29 is 25.9 Å². The molecule has 0 aliphatic heterocycles. The minimum atomic E-state index is -3.79. The van der Waals surface area contributed by atoms with E-state index in [1.165, 1.54) is 6.07 Å². The van der Waals surface area contributed by atoms with Gasteiger partial charge in [0, 0.05) is 23.2 Å². The van der Waals surface area contributed by atoms with Crippen molar-refractivity contribution in [3.05, 3.63) is 57.7 Å². The summed E-state index contributed by atoms with van der Waals surface area (Å²) in [5.74, 6) is 1.19. The predicted molar refractivity (Wildman–Crippen MR) is 189 cm³/mol. The number of fused-ring (bicyclic) bond motifs is 1. The van der Waals surface area contributed by atoms with Gasteiger partial charge >= 0.3 is 5.69 Å². The number of imidazole rings is 1. The highest BCUT2D eigenvalue weighted by Gasteiger charge is 2.28. The Morgan fingerprint density at radius 2 is 1.16 bits per heavy atom. The van der Waals surface area contributed by atoms with E-state index in [-0.39, 0.29) is 38.8 Å². The van der Waals surface area contributed by atoms with E-state index in [9.17, 15) is 21.6 Å². The number of H-pyrrole nitrogens is 2. The average Bonchev–Trinajstić information content (AvgIpc) is 3.89. The van der Waals surface area contributed by atoms with Crippen LogP contribution in [0.2, 0.25) is 0 Å². The van der Waals surface area contributed by atoms with Gasteiger partial charge in [0.05, 0.1) is 33.8 Å². The average molecular weight is 727 g/mol. The maximum Gasteiger partial charge on any atom is 0.323 e. The van der Waals surface area contributed by atoms with Crippen molar-refractivity contribution in [1.82, 2.24) is 29.7 Å². The highest BCUT2D eigenvalue weighted by molar-refractivity contribution is 7.90. The van der Waals surface area contributed by atoms with Crippen LogP contribution in [0.1, 0.15) is 74.3 Å². The number of aromatic amines is 2. The van der Waals surface area contributed by atoms with Crippen LogP contribution in [0, 0.1) is 27.7 Å². The summed E-state index contributed by atoms with van der Waals surface area (Å²) in [5, 5.41) is 7.84. The summed E-state index contributed by atoms with van der Waals surface area (Å²) in [6.45, 7) is 7.13. The summed E-state index contributed by atoms with van der Waals surface area (Å²) in [5.41, 5.74) is 16.5. The van der Waals surface area contributed by atoms with Crippen LogP contribution in [-0.2, 0) is 20.0 Å². The van der Waals surface area contributed by atoms with Crippen LogP contribution in [0.3, 0.4) is 0 Å². The second kappa shape index (κ2) is 13.7. The number of benzene rings is 2. The molecule has 0 atom stereocenters. The third kappa shape index (κ3) is 7.08. The summed E-state index contributed by atoms with van der Waals surface area (Å²) in [7, 11) is -7.53. The van der Waals surface area contributed by atoms with Crippen molar-refractivity contribution >= 4 is 42.5 Å². The molecule has 3 heterocycles. The Labute approximate surface area is 289 Å². The molecule has 50 heavy (non-hydrogen) atoms. The molecule has 15 nitrogen and oxygen atoms in total. The largest absolute Gasteiger partial charge is 0.397 e.